The van der Waals surface area contributed by atoms with Crippen molar-refractivity contribution in [3.63, 3.8) is 0 Å². The van der Waals surface area contributed by atoms with Crippen molar-refractivity contribution in [3.8, 4) is 22.3 Å². The van der Waals surface area contributed by atoms with Crippen LogP contribution < -0.4 is 0 Å². The molecule has 0 bridgehead atoms. The molecule has 6 atom stereocenters. The SMILES string of the molecule is CCCCCCCCCC1COC(c2ccc(-c3ccc(-c4ccc(C5OCC(CCCCCCCCC)C(C)O5)cc4)cc3)cc2)OC1C. The fourth-order valence-corrected chi connectivity index (χ4v) is 7.62. The van der Waals surface area contributed by atoms with Crippen molar-refractivity contribution in [1.29, 1.82) is 0 Å². The predicted octanol–water partition coefficient (Wildman–Crippen LogP) is 13.4. The molecule has 2 aliphatic rings. The van der Waals surface area contributed by atoms with E-state index in [1.807, 2.05) is 0 Å². The van der Waals surface area contributed by atoms with E-state index in [2.05, 4.69) is 100 Å². The van der Waals surface area contributed by atoms with Gasteiger partial charge in [-0.3, -0.25) is 0 Å². The summed E-state index contributed by atoms with van der Waals surface area (Å²) in [7, 11) is 0. The molecule has 0 radical (unpaired) electrons. The van der Waals surface area contributed by atoms with E-state index in [0.29, 0.717) is 11.8 Å². The van der Waals surface area contributed by atoms with Crippen molar-refractivity contribution < 1.29 is 18.9 Å². The van der Waals surface area contributed by atoms with E-state index >= 15 is 0 Å². The number of ether oxygens (including phenoxy) is 4. The number of unbranched alkanes of at least 4 members (excludes halogenated alkanes) is 12. The molecule has 2 fully saturated rings. The summed E-state index contributed by atoms with van der Waals surface area (Å²) in [5.74, 6) is 0.983. The highest BCUT2D eigenvalue weighted by Crippen LogP contribution is 2.35. The van der Waals surface area contributed by atoms with Gasteiger partial charge in [-0.2, -0.15) is 0 Å². The van der Waals surface area contributed by atoms with Crippen LogP contribution in [-0.4, -0.2) is 25.4 Å². The molecule has 2 heterocycles. The van der Waals surface area contributed by atoms with Crippen molar-refractivity contribution in [3.05, 3.63) is 83.9 Å². The number of hydrogen-bond acceptors (Lipinski definition) is 4. The highest BCUT2D eigenvalue weighted by atomic mass is 16.7. The number of rotatable bonds is 20. The third-order valence-corrected chi connectivity index (χ3v) is 11.2. The zero-order valence-corrected chi connectivity index (χ0v) is 31.8. The topological polar surface area (TPSA) is 36.9 Å². The molecule has 3 aromatic carbocycles. The summed E-state index contributed by atoms with van der Waals surface area (Å²) in [4.78, 5) is 0. The lowest BCUT2D eigenvalue weighted by molar-refractivity contribution is -0.237. The van der Waals surface area contributed by atoms with Crippen LogP contribution in [0.25, 0.3) is 22.3 Å². The maximum absolute atomic E-state index is 6.35. The van der Waals surface area contributed by atoms with Gasteiger partial charge in [-0.25, -0.2) is 0 Å². The van der Waals surface area contributed by atoms with Gasteiger partial charge in [-0.1, -0.05) is 177 Å². The Labute approximate surface area is 304 Å². The quantitative estimate of drug-likeness (QED) is 0.111. The standard InChI is InChI=1S/C46H66O4/c1-5-7-9-11-13-15-17-19-43-33-47-45(49-35(43)3)41-29-25-39(26-30-41)37-21-23-38(24-22-37)40-27-31-42(32-28-40)46-48-34-44(36(4)50-46)20-18-16-14-12-10-8-6-2/h21-32,35-36,43-46H,5-20,33-34H2,1-4H3. The van der Waals surface area contributed by atoms with Crippen LogP contribution in [0, 0.1) is 11.8 Å². The second kappa shape index (κ2) is 21.1. The van der Waals surface area contributed by atoms with E-state index in [-0.39, 0.29) is 24.8 Å². The molecule has 0 N–H and O–H groups in total. The summed E-state index contributed by atoms with van der Waals surface area (Å²) < 4.78 is 25.1. The summed E-state index contributed by atoms with van der Waals surface area (Å²) in [6.45, 7) is 10.6. The van der Waals surface area contributed by atoms with E-state index in [1.165, 1.54) is 125 Å². The van der Waals surface area contributed by atoms with Crippen molar-refractivity contribution in [2.75, 3.05) is 13.2 Å². The Morgan fingerprint density at radius 3 is 1.04 bits per heavy atom. The van der Waals surface area contributed by atoms with E-state index in [0.717, 1.165) is 24.3 Å². The van der Waals surface area contributed by atoms with Crippen molar-refractivity contribution >= 4 is 0 Å². The van der Waals surface area contributed by atoms with Gasteiger partial charge in [0.1, 0.15) is 0 Å². The van der Waals surface area contributed by atoms with E-state index in [9.17, 15) is 0 Å². The molecule has 0 saturated carbocycles. The van der Waals surface area contributed by atoms with Crippen molar-refractivity contribution in [1.82, 2.24) is 0 Å². The van der Waals surface area contributed by atoms with E-state index in [1.54, 1.807) is 0 Å². The zero-order valence-electron chi connectivity index (χ0n) is 31.8. The molecule has 2 aliphatic heterocycles. The molecule has 0 aromatic heterocycles. The lowest BCUT2D eigenvalue weighted by Crippen LogP contribution is -2.34. The highest BCUT2D eigenvalue weighted by molar-refractivity contribution is 5.70. The van der Waals surface area contributed by atoms with Gasteiger partial charge in [-0.15, -0.1) is 0 Å². The zero-order chi connectivity index (χ0) is 35.0. The Bertz CT molecular complexity index is 1230. The molecule has 3 aromatic rings. The third kappa shape index (κ3) is 11.8. The van der Waals surface area contributed by atoms with Gasteiger partial charge in [-0.05, 0) is 48.9 Å². The monoisotopic (exact) mass is 682 g/mol. The van der Waals surface area contributed by atoms with Gasteiger partial charge in [0.15, 0.2) is 12.6 Å². The molecule has 50 heavy (non-hydrogen) atoms. The average molecular weight is 683 g/mol. The lowest BCUT2D eigenvalue weighted by Gasteiger charge is -2.35. The Balaban J connectivity index is 1.04. The first kappa shape index (κ1) is 38.7. The van der Waals surface area contributed by atoms with Crippen LogP contribution >= 0.6 is 0 Å². The lowest BCUT2D eigenvalue weighted by atomic mass is 9.95. The summed E-state index contributed by atoms with van der Waals surface area (Å²) >= 11 is 0. The normalized spacial score (nSPS) is 24.0. The Morgan fingerprint density at radius 2 is 0.720 bits per heavy atom. The van der Waals surface area contributed by atoms with Crippen molar-refractivity contribution in [2.24, 2.45) is 11.8 Å². The van der Waals surface area contributed by atoms with Crippen LogP contribution in [0.4, 0.5) is 0 Å². The molecule has 0 spiro atoms. The van der Waals surface area contributed by atoms with Gasteiger partial charge in [0.2, 0.25) is 0 Å². The summed E-state index contributed by atoms with van der Waals surface area (Å²) in [5, 5.41) is 0. The Morgan fingerprint density at radius 1 is 0.420 bits per heavy atom. The first-order chi connectivity index (χ1) is 24.6. The molecule has 274 valence electrons. The maximum atomic E-state index is 6.35. The number of benzene rings is 3. The molecule has 6 unspecified atom stereocenters. The maximum Gasteiger partial charge on any atom is 0.184 e. The van der Waals surface area contributed by atoms with Crippen molar-refractivity contribution in [2.45, 2.75) is 155 Å². The fraction of sp³-hybridized carbons (Fsp3) is 0.609. The van der Waals surface area contributed by atoms with Gasteiger partial charge < -0.3 is 18.9 Å². The summed E-state index contributed by atoms with van der Waals surface area (Å²) in [6, 6.07) is 26.2. The molecule has 2 saturated heterocycles. The van der Waals surface area contributed by atoms with E-state index in [4.69, 9.17) is 18.9 Å². The van der Waals surface area contributed by atoms with Crippen LogP contribution in [-0.2, 0) is 18.9 Å². The third-order valence-electron chi connectivity index (χ3n) is 11.2. The largest absolute Gasteiger partial charge is 0.348 e. The molecule has 0 amide bonds. The molecule has 0 aliphatic carbocycles. The second-order valence-corrected chi connectivity index (χ2v) is 15.2. The van der Waals surface area contributed by atoms with Gasteiger partial charge in [0.05, 0.1) is 25.4 Å². The first-order valence-electron chi connectivity index (χ1n) is 20.4. The minimum Gasteiger partial charge on any atom is -0.348 e. The summed E-state index contributed by atoms with van der Waals surface area (Å²) in [6.07, 6.45) is 21.1. The van der Waals surface area contributed by atoms with Crippen LogP contribution in [0.1, 0.15) is 154 Å². The summed E-state index contributed by atoms with van der Waals surface area (Å²) in [5.41, 5.74) is 6.99. The Kier molecular flexibility index (Phi) is 16.4. The molecular weight excluding hydrogens is 617 g/mol. The van der Waals surface area contributed by atoms with Gasteiger partial charge in [0.25, 0.3) is 0 Å². The van der Waals surface area contributed by atoms with Gasteiger partial charge in [0, 0.05) is 23.0 Å². The predicted molar refractivity (Wildman–Crippen MR) is 208 cm³/mol. The fourth-order valence-electron chi connectivity index (χ4n) is 7.62. The Hall–Kier alpha value is -2.50. The van der Waals surface area contributed by atoms with Gasteiger partial charge >= 0.3 is 0 Å². The number of hydrogen-bond donors (Lipinski definition) is 0. The van der Waals surface area contributed by atoms with Crippen LogP contribution in [0.3, 0.4) is 0 Å². The highest BCUT2D eigenvalue weighted by Gasteiger charge is 2.30. The first-order valence-corrected chi connectivity index (χ1v) is 20.4. The molecule has 5 rings (SSSR count). The molecular formula is C46H66O4. The minimum atomic E-state index is -0.279. The average Bonchev–Trinajstić information content (AvgIpc) is 3.15. The van der Waals surface area contributed by atoms with Crippen LogP contribution in [0.2, 0.25) is 0 Å². The molecule has 4 nitrogen and oxygen atoms in total. The van der Waals surface area contributed by atoms with Crippen LogP contribution in [0.5, 0.6) is 0 Å². The second-order valence-electron chi connectivity index (χ2n) is 15.2. The van der Waals surface area contributed by atoms with Crippen LogP contribution in [0.15, 0.2) is 72.8 Å². The smallest absolute Gasteiger partial charge is 0.184 e. The minimum absolute atomic E-state index is 0.221. The molecule has 4 heteroatoms. The van der Waals surface area contributed by atoms with E-state index < -0.39 is 0 Å².